The Morgan fingerprint density at radius 1 is 1.40 bits per heavy atom. The number of nitrogen functional groups attached to an aromatic ring is 1. The van der Waals surface area contributed by atoms with Crippen LogP contribution in [0.25, 0.3) is 0 Å². The van der Waals surface area contributed by atoms with Crippen molar-refractivity contribution in [3.05, 3.63) is 23.8 Å². The lowest BCUT2D eigenvalue weighted by Gasteiger charge is -2.17. The standard InChI is InChI=1S/C13H21N3O3S/c1-4-15-13(17)11-6-5-10(14)7-12(11)16-9(2)8-20(3,18)19/h5-7,9,16H,4,8,14H2,1-3H3,(H,15,17). The minimum Gasteiger partial charge on any atom is -0.399 e. The largest absolute Gasteiger partial charge is 0.399 e. The van der Waals surface area contributed by atoms with Crippen LogP contribution in [-0.2, 0) is 9.84 Å². The topological polar surface area (TPSA) is 101 Å². The van der Waals surface area contributed by atoms with Crippen molar-refractivity contribution in [2.75, 3.05) is 29.6 Å². The molecule has 1 aromatic rings. The molecule has 0 aliphatic rings. The van der Waals surface area contributed by atoms with Crippen LogP contribution in [0.5, 0.6) is 0 Å². The van der Waals surface area contributed by atoms with Crippen molar-refractivity contribution in [3.63, 3.8) is 0 Å². The second-order valence-corrected chi connectivity index (χ2v) is 6.99. The van der Waals surface area contributed by atoms with Crippen LogP contribution in [-0.4, -0.2) is 38.9 Å². The van der Waals surface area contributed by atoms with Gasteiger partial charge in [0.05, 0.1) is 11.3 Å². The van der Waals surface area contributed by atoms with Gasteiger partial charge in [0, 0.05) is 30.2 Å². The summed E-state index contributed by atoms with van der Waals surface area (Å²) in [5, 5.41) is 5.73. The van der Waals surface area contributed by atoms with Gasteiger partial charge < -0.3 is 16.4 Å². The molecule has 0 radical (unpaired) electrons. The highest BCUT2D eigenvalue weighted by molar-refractivity contribution is 7.90. The van der Waals surface area contributed by atoms with Crippen molar-refractivity contribution in [2.45, 2.75) is 19.9 Å². The molecule has 0 aliphatic heterocycles. The monoisotopic (exact) mass is 299 g/mol. The molecule has 0 aromatic heterocycles. The molecular formula is C13H21N3O3S. The lowest BCUT2D eigenvalue weighted by Crippen LogP contribution is -2.28. The van der Waals surface area contributed by atoms with Crippen molar-refractivity contribution < 1.29 is 13.2 Å². The number of carbonyl (C=O) groups excluding carboxylic acids is 1. The van der Waals surface area contributed by atoms with Gasteiger partial charge in [-0.3, -0.25) is 4.79 Å². The smallest absolute Gasteiger partial charge is 0.253 e. The highest BCUT2D eigenvalue weighted by Gasteiger charge is 2.15. The van der Waals surface area contributed by atoms with Gasteiger partial charge in [-0.15, -0.1) is 0 Å². The zero-order valence-electron chi connectivity index (χ0n) is 11.9. The number of carbonyl (C=O) groups is 1. The molecule has 0 bridgehead atoms. The maximum Gasteiger partial charge on any atom is 0.253 e. The van der Waals surface area contributed by atoms with Gasteiger partial charge in [-0.05, 0) is 32.0 Å². The predicted molar refractivity (Wildman–Crippen MR) is 81.7 cm³/mol. The number of hydrogen-bond donors (Lipinski definition) is 3. The van der Waals surface area contributed by atoms with Gasteiger partial charge in [-0.2, -0.15) is 0 Å². The van der Waals surface area contributed by atoms with E-state index in [4.69, 9.17) is 5.73 Å². The maximum absolute atomic E-state index is 11.9. The van der Waals surface area contributed by atoms with Gasteiger partial charge in [0.15, 0.2) is 0 Å². The van der Waals surface area contributed by atoms with E-state index in [0.717, 1.165) is 0 Å². The third-order valence-electron chi connectivity index (χ3n) is 2.58. The number of benzene rings is 1. The average Bonchev–Trinajstić information content (AvgIpc) is 2.26. The molecule has 1 rings (SSSR count). The number of hydrogen-bond acceptors (Lipinski definition) is 5. The molecule has 1 amide bonds. The molecule has 20 heavy (non-hydrogen) atoms. The Bertz CT molecular complexity index is 585. The van der Waals surface area contributed by atoms with Crippen molar-refractivity contribution in [2.24, 2.45) is 0 Å². The Hall–Kier alpha value is -1.76. The summed E-state index contributed by atoms with van der Waals surface area (Å²) in [5.41, 5.74) is 7.20. The molecule has 0 heterocycles. The second kappa shape index (κ2) is 6.60. The number of nitrogens with two attached hydrogens (primary N) is 1. The van der Waals surface area contributed by atoms with E-state index in [9.17, 15) is 13.2 Å². The first-order chi connectivity index (χ1) is 9.23. The number of sulfone groups is 1. The van der Waals surface area contributed by atoms with E-state index in [-0.39, 0.29) is 17.7 Å². The van der Waals surface area contributed by atoms with Gasteiger partial charge in [0.2, 0.25) is 0 Å². The van der Waals surface area contributed by atoms with Crippen LogP contribution < -0.4 is 16.4 Å². The lowest BCUT2D eigenvalue weighted by molar-refractivity contribution is 0.0956. The van der Waals surface area contributed by atoms with Crippen LogP contribution in [0.4, 0.5) is 11.4 Å². The summed E-state index contributed by atoms with van der Waals surface area (Å²) in [6.45, 7) is 4.09. The quantitative estimate of drug-likeness (QED) is 0.676. The molecule has 0 fully saturated rings. The Balaban J connectivity index is 2.98. The van der Waals surface area contributed by atoms with Gasteiger partial charge >= 0.3 is 0 Å². The Morgan fingerprint density at radius 3 is 2.60 bits per heavy atom. The highest BCUT2D eigenvalue weighted by atomic mass is 32.2. The summed E-state index contributed by atoms with van der Waals surface area (Å²) in [7, 11) is -3.09. The molecule has 1 unspecified atom stereocenters. The lowest BCUT2D eigenvalue weighted by atomic mass is 10.1. The minimum absolute atomic E-state index is 0.0172. The molecule has 1 atom stereocenters. The van der Waals surface area contributed by atoms with Crippen LogP contribution in [0.1, 0.15) is 24.2 Å². The van der Waals surface area contributed by atoms with Crippen molar-refractivity contribution >= 4 is 27.1 Å². The van der Waals surface area contributed by atoms with E-state index in [1.54, 1.807) is 25.1 Å². The molecule has 7 heteroatoms. The SMILES string of the molecule is CCNC(=O)c1ccc(N)cc1NC(C)CS(C)(=O)=O. The van der Waals surface area contributed by atoms with E-state index in [1.165, 1.54) is 6.26 Å². The maximum atomic E-state index is 11.9. The molecule has 0 aliphatic carbocycles. The first-order valence-electron chi connectivity index (χ1n) is 6.35. The summed E-state index contributed by atoms with van der Waals surface area (Å²) in [6, 6.07) is 4.57. The third kappa shape index (κ3) is 5.08. The number of anilines is 2. The zero-order valence-corrected chi connectivity index (χ0v) is 12.8. The molecule has 0 spiro atoms. The summed E-state index contributed by atoms with van der Waals surface area (Å²) in [6.07, 6.45) is 1.18. The van der Waals surface area contributed by atoms with Gasteiger partial charge in [0.25, 0.3) is 5.91 Å². The fraction of sp³-hybridized carbons (Fsp3) is 0.462. The zero-order chi connectivity index (χ0) is 15.3. The number of rotatable bonds is 6. The summed E-state index contributed by atoms with van der Waals surface area (Å²) in [5.74, 6) is -0.238. The van der Waals surface area contributed by atoms with Gasteiger partial charge in [0.1, 0.15) is 9.84 Å². The molecule has 0 saturated carbocycles. The van der Waals surface area contributed by atoms with Crippen LogP contribution >= 0.6 is 0 Å². The Labute approximate surface area is 119 Å². The van der Waals surface area contributed by atoms with Crippen LogP contribution in [0.15, 0.2) is 18.2 Å². The Kier molecular flexibility index (Phi) is 5.38. The van der Waals surface area contributed by atoms with Crippen molar-refractivity contribution in [3.8, 4) is 0 Å². The molecule has 1 aromatic carbocycles. The minimum atomic E-state index is -3.09. The molecule has 0 saturated heterocycles. The number of amides is 1. The molecule has 4 N–H and O–H groups in total. The Morgan fingerprint density at radius 2 is 2.05 bits per heavy atom. The normalized spacial score (nSPS) is 12.8. The van der Waals surface area contributed by atoms with E-state index < -0.39 is 9.84 Å². The van der Waals surface area contributed by atoms with Crippen molar-refractivity contribution in [1.29, 1.82) is 0 Å². The van der Waals surface area contributed by atoms with E-state index in [0.29, 0.717) is 23.5 Å². The van der Waals surface area contributed by atoms with Gasteiger partial charge in [-0.1, -0.05) is 0 Å². The molecule has 112 valence electrons. The fourth-order valence-corrected chi connectivity index (χ4v) is 2.89. The summed E-state index contributed by atoms with van der Waals surface area (Å²) < 4.78 is 22.6. The molecular weight excluding hydrogens is 278 g/mol. The summed E-state index contributed by atoms with van der Waals surface area (Å²) >= 11 is 0. The fourth-order valence-electron chi connectivity index (χ4n) is 1.90. The van der Waals surface area contributed by atoms with E-state index in [1.807, 2.05) is 6.92 Å². The first kappa shape index (κ1) is 16.3. The van der Waals surface area contributed by atoms with Gasteiger partial charge in [-0.25, -0.2) is 8.42 Å². The van der Waals surface area contributed by atoms with E-state index >= 15 is 0 Å². The average molecular weight is 299 g/mol. The van der Waals surface area contributed by atoms with Crippen LogP contribution in [0.2, 0.25) is 0 Å². The highest BCUT2D eigenvalue weighted by Crippen LogP contribution is 2.20. The van der Waals surface area contributed by atoms with Crippen LogP contribution in [0, 0.1) is 0 Å². The van der Waals surface area contributed by atoms with Crippen molar-refractivity contribution in [1.82, 2.24) is 5.32 Å². The van der Waals surface area contributed by atoms with Crippen LogP contribution in [0.3, 0.4) is 0 Å². The second-order valence-electron chi connectivity index (χ2n) is 4.80. The third-order valence-corrected chi connectivity index (χ3v) is 3.69. The predicted octanol–water partition coefficient (Wildman–Crippen LogP) is 0.863. The summed E-state index contributed by atoms with van der Waals surface area (Å²) in [4.78, 5) is 11.9. The van der Waals surface area contributed by atoms with E-state index in [2.05, 4.69) is 10.6 Å². The number of nitrogens with one attached hydrogen (secondary N) is 2. The first-order valence-corrected chi connectivity index (χ1v) is 8.41. The molecule has 6 nitrogen and oxygen atoms in total.